The highest BCUT2D eigenvalue weighted by Gasteiger charge is 2.32. The van der Waals surface area contributed by atoms with Crippen LogP contribution in [0.1, 0.15) is 0 Å². The van der Waals surface area contributed by atoms with Crippen molar-refractivity contribution in [3.05, 3.63) is 18.2 Å². The van der Waals surface area contributed by atoms with E-state index in [-0.39, 0.29) is 11.4 Å². The third-order valence-corrected chi connectivity index (χ3v) is 1.56. The Kier molecular flexibility index (Phi) is 3.52. The Bertz CT molecular complexity index is 424. The van der Waals surface area contributed by atoms with Crippen molar-refractivity contribution in [2.45, 2.75) is 6.36 Å². The van der Waals surface area contributed by atoms with Crippen molar-refractivity contribution >= 4 is 11.8 Å². The summed E-state index contributed by atoms with van der Waals surface area (Å²) in [5.41, 5.74) is -0.270. The van der Waals surface area contributed by atoms with Crippen molar-refractivity contribution in [1.29, 1.82) is 0 Å². The molecule has 0 saturated heterocycles. The summed E-state index contributed by atoms with van der Waals surface area (Å²) < 4.78 is 44.4. The van der Waals surface area contributed by atoms with Crippen molar-refractivity contribution in [3.63, 3.8) is 0 Å². The Labute approximate surface area is 88.3 Å². The molecule has 86 valence electrons. The predicted octanol–water partition coefficient (Wildman–Crippen LogP) is 2.56. The molecule has 4 nitrogen and oxygen atoms in total. The van der Waals surface area contributed by atoms with Crippen LogP contribution in [-0.2, 0) is 4.79 Å². The van der Waals surface area contributed by atoms with Gasteiger partial charge in [-0.15, -0.1) is 13.2 Å². The van der Waals surface area contributed by atoms with Gasteiger partial charge in [0, 0.05) is 6.07 Å². The van der Waals surface area contributed by atoms with Crippen LogP contribution in [0.2, 0.25) is 0 Å². The molecule has 0 aromatic heterocycles. The standard InChI is InChI=1S/C9H6F3NO3/c1-15-6-2-3-7(13-5-14)8(4-6)16-9(10,11)12/h2-4H,1H3. The van der Waals surface area contributed by atoms with Gasteiger partial charge in [0.2, 0.25) is 6.08 Å². The van der Waals surface area contributed by atoms with Gasteiger partial charge in [0.1, 0.15) is 11.4 Å². The van der Waals surface area contributed by atoms with Crippen molar-refractivity contribution in [2.75, 3.05) is 7.11 Å². The van der Waals surface area contributed by atoms with E-state index in [4.69, 9.17) is 4.74 Å². The lowest BCUT2D eigenvalue weighted by Gasteiger charge is -2.11. The van der Waals surface area contributed by atoms with Crippen LogP contribution in [0.3, 0.4) is 0 Å². The fraction of sp³-hybridized carbons (Fsp3) is 0.222. The minimum atomic E-state index is -4.86. The summed E-state index contributed by atoms with van der Waals surface area (Å²) in [6, 6.07) is 3.48. The van der Waals surface area contributed by atoms with Gasteiger partial charge >= 0.3 is 6.36 Å². The van der Waals surface area contributed by atoms with E-state index in [9.17, 15) is 18.0 Å². The molecular weight excluding hydrogens is 227 g/mol. The molecule has 0 fully saturated rings. The Balaban J connectivity index is 3.15. The largest absolute Gasteiger partial charge is 0.573 e. The number of carbonyl (C=O) groups excluding carboxylic acids is 1. The maximum absolute atomic E-state index is 12.0. The fourth-order valence-corrected chi connectivity index (χ4v) is 0.969. The number of benzene rings is 1. The molecule has 0 spiro atoms. The second-order valence-corrected chi connectivity index (χ2v) is 2.58. The summed E-state index contributed by atoms with van der Waals surface area (Å²) in [6.07, 6.45) is -3.73. The van der Waals surface area contributed by atoms with E-state index in [0.29, 0.717) is 0 Å². The van der Waals surface area contributed by atoms with Gasteiger partial charge in [-0.3, -0.25) is 0 Å². The van der Waals surface area contributed by atoms with E-state index in [2.05, 4.69) is 9.73 Å². The highest BCUT2D eigenvalue weighted by atomic mass is 19.4. The summed E-state index contributed by atoms with van der Waals surface area (Å²) >= 11 is 0. The Morgan fingerprint density at radius 2 is 2.06 bits per heavy atom. The quantitative estimate of drug-likeness (QED) is 0.595. The van der Waals surface area contributed by atoms with Crippen molar-refractivity contribution in [1.82, 2.24) is 0 Å². The molecule has 1 aromatic rings. The second-order valence-electron chi connectivity index (χ2n) is 2.58. The summed E-state index contributed by atoms with van der Waals surface area (Å²) in [7, 11) is 1.29. The number of hydrogen-bond acceptors (Lipinski definition) is 4. The molecule has 0 radical (unpaired) electrons. The number of alkyl halides is 3. The number of methoxy groups -OCH3 is 1. The van der Waals surface area contributed by atoms with E-state index >= 15 is 0 Å². The van der Waals surface area contributed by atoms with Gasteiger partial charge in [-0.25, -0.2) is 4.79 Å². The molecule has 0 heterocycles. The van der Waals surface area contributed by atoms with Crippen LogP contribution < -0.4 is 9.47 Å². The molecule has 7 heteroatoms. The molecule has 0 bridgehead atoms. The molecule has 0 aliphatic heterocycles. The highest BCUT2D eigenvalue weighted by molar-refractivity contribution is 5.59. The SMILES string of the molecule is COc1ccc(N=C=O)c(OC(F)(F)F)c1. The molecule has 0 aliphatic carbocycles. The number of isocyanates is 1. The molecule has 0 amide bonds. The third kappa shape index (κ3) is 3.29. The van der Waals surface area contributed by atoms with Crippen molar-refractivity contribution < 1.29 is 27.4 Å². The van der Waals surface area contributed by atoms with Crippen molar-refractivity contribution in [3.8, 4) is 11.5 Å². The molecule has 16 heavy (non-hydrogen) atoms. The number of rotatable bonds is 3. The van der Waals surface area contributed by atoms with Crippen LogP contribution in [0.5, 0.6) is 11.5 Å². The first kappa shape index (κ1) is 12.1. The maximum Gasteiger partial charge on any atom is 0.573 e. The molecular formula is C9H6F3NO3. The molecule has 0 unspecified atom stereocenters. The van der Waals surface area contributed by atoms with Crippen LogP contribution in [0, 0.1) is 0 Å². The lowest BCUT2D eigenvalue weighted by Crippen LogP contribution is -2.17. The molecule has 1 aromatic carbocycles. The average molecular weight is 233 g/mol. The van der Waals surface area contributed by atoms with Crippen LogP contribution >= 0.6 is 0 Å². The van der Waals surface area contributed by atoms with Crippen LogP contribution in [0.25, 0.3) is 0 Å². The highest BCUT2D eigenvalue weighted by Crippen LogP contribution is 2.35. The molecule has 1 rings (SSSR count). The van der Waals surface area contributed by atoms with Gasteiger partial charge in [0.15, 0.2) is 5.75 Å². The van der Waals surface area contributed by atoms with Gasteiger partial charge in [-0.1, -0.05) is 0 Å². The summed E-state index contributed by atoms with van der Waals surface area (Å²) in [4.78, 5) is 13.1. The first-order valence-electron chi connectivity index (χ1n) is 3.98. The summed E-state index contributed by atoms with van der Waals surface area (Å²) in [5.74, 6) is -0.459. The van der Waals surface area contributed by atoms with E-state index in [1.807, 2.05) is 0 Å². The lowest BCUT2D eigenvalue weighted by molar-refractivity contribution is -0.274. The average Bonchev–Trinajstić information content (AvgIpc) is 2.18. The van der Waals surface area contributed by atoms with Crippen LogP contribution in [0.15, 0.2) is 23.2 Å². The zero-order valence-corrected chi connectivity index (χ0v) is 8.04. The van der Waals surface area contributed by atoms with Gasteiger partial charge in [-0.2, -0.15) is 4.99 Å². The Hall–Kier alpha value is -2.01. The smallest absolute Gasteiger partial charge is 0.497 e. The van der Waals surface area contributed by atoms with Gasteiger partial charge in [0.25, 0.3) is 0 Å². The summed E-state index contributed by atoms with van der Waals surface area (Å²) in [5, 5.41) is 0. The van der Waals surface area contributed by atoms with E-state index < -0.39 is 12.1 Å². The van der Waals surface area contributed by atoms with E-state index in [1.54, 1.807) is 0 Å². The predicted molar refractivity (Wildman–Crippen MR) is 47.5 cm³/mol. The third-order valence-electron chi connectivity index (χ3n) is 1.56. The second kappa shape index (κ2) is 4.67. The van der Waals surface area contributed by atoms with Crippen LogP contribution in [-0.4, -0.2) is 19.6 Å². The van der Waals surface area contributed by atoms with Crippen LogP contribution in [0.4, 0.5) is 18.9 Å². The minimum absolute atomic E-state index is 0.157. The van der Waals surface area contributed by atoms with Gasteiger partial charge in [0.05, 0.1) is 7.11 Å². The summed E-state index contributed by atoms with van der Waals surface area (Å²) in [6.45, 7) is 0. The molecule has 0 aliphatic rings. The first-order chi connectivity index (χ1) is 7.46. The normalized spacial score (nSPS) is 10.5. The first-order valence-corrected chi connectivity index (χ1v) is 3.98. The Morgan fingerprint density at radius 3 is 2.56 bits per heavy atom. The van der Waals surface area contributed by atoms with Gasteiger partial charge in [-0.05, 0) is 12.1 Å². The van der Waals surface area contributed by atoms with E-state index in [1.165, 1.54) is 13.2 Å². The monoisotopic (exact) mass is 233 g/mol. The number of nitrogens with zero attached hydrogens (tertiary/aromatic N) is 1. The lowest BCUT2D eigenvalue weighted by atomic mass is 10.3. The van der Waals surface area contributed by atoms with E-state index in [0.717, 1.165) is 18.2 Å². The fourth-order valence-electron chi connectivity index (χ4n) is 0.969. The zero-order chi connectivity index (χ0) is 12.2. The molecule has 0 atom stereocenters. The molecule has 0 saturated carbocycles. The number of aliphatic imine (C=N–C) groups is 1. The van der Waals surface area contributed by atoms with Gasteiger partial charge < -0.3 is 9.47 Å². The minimum Gasteiger partial charge on any atom is -0.497 e. The number of hydrogen-bond donors (Lipinski definition) is 0. The topological polar surface area (TPSA) is 47.9 Å². The zero-order valence-electron chi connectivity index (χ0n) is 8.04. The molecule has 0 N–H and O–H groups in total. The Morgan fingerprint density at radius 1 is 1.38 bits per heavy atom. The maximum atomic E-state index is 12.0. The van der Waals surface area contributed by atoms with Crippen molar-refractivity contribution in [2.24, 2.45) is 4.99 Å². The number of halogens is 3. The number of ether oxygens (including phenoxy) is 2.